The van der Waals surface area contributed by atoms with Gasteiger partial charge in [-0.1, -0.05) is 11.6 Å². The average Bonchev–Trinajstić information content (AvgIpc) is 2.53. The van der Waals surface area contributed by atoms with E-state index in [4.69, 9.17) is 11.6 Å². The second-order valence-electron chi connectivity index (χ2n) is 5.75. The van der Waals surface area contributed by atoms with Gasteiger partial charge < -0.3 is 5.32 Å². The summed E-state index contributed by atoms with van der Waals surface area (Å²) in [7, 11) is 0. The van der Waals surface area contributed by atoms with Crippen LogP contribution in [0.5, 0.6) is 0 Å². The molecule has 1 aliphatic heterocycles. The van der Waals surface area contributed by atoms with Crippen LogP contribution in [0.15, 0.2) is 23.3 Å². The number of Topliss-reactive ketones (excluding diaryl/α,β-unsaturated/α-hetero) is 1. The number of hydrogen-bond acceptors (Lipinski definition) is 4. The third-order valence-corrected chi connectivity index (χ3v) is 4.43. The van der Waals surface area contributed by atoms with Crippen LogP contribution in [0, 0.1) is 5.82 Å². The van der Waals surface area contributed by atoms with Crippen LogP contribution in [0.25, 0.3) is 10.9 Å². The predicted octanol–water partition coefficient (Wildman–Crippen LogP) is 2.29. The number of nitrogens with one attached hydrogen (secondary N) is 1. The molecule has 2 aromatic rings. The Bertz CT molecular complexity index is 806. The molecule has 1 fully saturated rings. The Hall–Kier alpha value is -1.79. The van der Waals surface area contributed by atoms with Crippen LogP contribution >= 0.6 is 11.6 Å². The molecule has 1 atom stereocenters. The van der Waals surface area contributed by atoms with E-state index in [2.05, 4.69) is 10.3 Å². The highest BCUT2D eigenvalue weighted by molar-refractivity contribution is 6.31. The normalized spacial score (nSPS) is 18.5. The molecule has 1 aromatic heterocycles. The van der Waals surface area contributed by atoms with E-state index in [0.717, 1.165) is 19.0 Å². The largest absolute Gasteiger partial charge is 0.307 e. The van der Waals surface area contributed by atoms with Crippen molar-refractivity contribution in [3.8, 4) is 0 Å². The fourth-order valence-electron chi connectivity index (χ4n) is 2.87. The molecule has 0 amide bonds. The van der Waals surface area contributed by atoms with Gasteiger partial charge in [-0.05, 0) is 31.9 Å². The fourth-order valence-corrected chi connectivity index (χ4v) is 3.03. The number of hydrogen-bond donors (Lipinski definition) is 1. The van der Waals surface area contributed by atoms with Crippen molar-refractivity contribution in [2.24, 2.45) is 0 Å². The van der Waals surface area contributed by atoms with E-state index in [9.17, 15) is 14.0 Å². The molecule has 122 valence electrons. The number of nitrogens with zero attached hydrogens (tertiary/aromatic N) is 2. The summed E-state index contributed by atoms with van der Waals surface area (Å²) in [6.07, 6.45) is 4.30. The van der Waals surface area contributed by atoms with Gasteiger partial charge >= 0.3 is 0 Å². The second kappa shape index (κ2) is 6.76. The van der Waals surface area contributed by atoms with Gasteiger partial charge in [0.25, 0.3) is 5.56 Å². The second-order valence-corrected chi connectivity index (χ2v) is 6.15. The van der Waals surface area contributed by atoms with Crippen LogP contribution in [0.1, 0.15) is 25.7 Å². The summed E-state index contributed by atoms with van der Waals surface area (Å²) in [6.45, 7) is 1.32. The third kappa shape index (κ3) is 3.43. The molecule has 0 spiro atoms. The maximum atomic E-state index is 13.4. The molecule has 2 heterocycles. The molecule has 0 unspecified atom stereocenters. The van der Waals surface area contributed by atoms with E-state index in [0.29, 0.717) is 31.2 Å². The van der Waals surface area contributed by atoms with E-state index >= 15 is 0 Å². The van der Waals surface area contributed by atoms with Crippen molar-refractivity contribution in [3.63, 3.8) is 0 Å². The van der Waals surface area contributed by atoms with Crippen LogP contribution in [-0.4, -0.2) is 27.9 Å². The topological polar surface area (TPSA) is 64.0 Å². The van der Waals surface area contributed by atoms with Gasteiger partial charge in [-0.15, -0.1) is 0 Å². The highest BCUT2D eigenvalue weighted by atomic mass is 35.5. The van der Waals surface area contributed by atoms with Crippen LogP contribution in [-0.2, 0) is 11.3 Å². The van der Waals surface area contributed by atoms with Crippen LogP contribution in [0.3, 0.4) is 0 Å². The lowest BCUT2D eigenvalue weighted by molar-refractivity contribution is -0.122. The number of halogens is 2. The summed E-state index contributed by atoms with van der Waals surface area (Å²) in [5.74, 6) is -0.354. The standard InChI is InChI=1S/C16H17ClFN3O2/c17-11-7-10-14(8-12(11)18)20-9-21(16(10)23)6-2-3-13-15(22)4-1-5-19-13/h7-9,13,19H,1-6H2/t13-/m1/s1. The summed E-state index contributed by atoms with van der Waals surface area (Å²) in [5, 5.41) is 3.41. The molecule has 3 rings (SSSR count). The van der Waals surface area contributed by atoms with Gasteiger partial charge in [-0.2, -0.15) is 0 Å². The van der Waals surface area contributed by atoms with Crippen molar-refractivity contribution < 1.29 is 9.18 Å². The summed E-state index contributed by atoms with van der Waals surface area (Å²) >= 11 is 5.74. The summed E-state index contributed by atoms with van der Waals surface area (Å²) in [5.41, 5.74) is 0.0390. The fraction of sp³-hybridized carbons (Fsp3) is 0.438. The number of carbonyl (C=O) groups excluding carboxylic acids is 1. The van der Waals surface area contributed by atoms with E-state index in [-0.39, 0.29) is 27.9 Å². The minimum absolute atomic E-state index is 0.0915. The van der Waals surface area contributed by atoms with Crippen LogP contribution in [0.4, 0.5) is 4.39 Å². The van der Waals surface area contributed by atoms with Crippen LogP contribution in [0.2, 0.25) is 5.02 Å². The molecule has 1 saturated heterocycles. The maximum Gasteiger partial charge on any atom is 0.261 e. The molecule has 1 N–H and O–H groups in total. The zero-order valence-corrected chi connectivity index (χ0v) is 13.3. The lowest BCUT2D eigenvalue weighted by atomic mass is 9.99. The van der Waals surface area contributed by atoms with Gasteiger partial charge in [0.2, 0.25) is 0 Å². The SMILES string of the molecule is O=C1CCCN[C@@H]1CCCn1cnc2cc(F)c(Cl)cc2c1=O. The smallest absolute Gasteiger partial charge is 0.261 e. The van der Waals surface area contributed by atoms with Crippen molar-refractivity contribution >= 4 is 28.3 Å². The van der Waals surface area contributed by atoms with Gasteiger partial charge in [0, 0.05) is 19.0 Å². The summed E-state index contributed by atoms with van der Waals surface area (Å²) < 4.78 is 14.9. The van der Waals surface area contributed by atoms with Crippen molar-refractivity contribution in [1.29, 1.82) is 0 Å². The Kier molecular flexibility index (Phi) is 4.73. The molecule has 0 aliphatic carbocycles. The predicted molar refractivity (Wildman–Crippen MR) is 86.2 cm³/mol. The number of aromatic nitrogens is 2. The summed E-state index contributed by atoms with van der Waals surface area (Å²) in [6, 6.07) is 2.36. The molecule has 5 nitrogen and oxygen atoms in total. The number of piperidine rings is 1. The Morgan fingerprint density at radius 2 is 2.22 bits per heavy atom. The van der Waals surface area contributed by atoms with Gasteiger partial charge in [0.15, 0.2) is 0 Å². The maximum absolute atomic E-state index is 13.4. The first-order valence-electron chi connectivity index (χ1n) is 7.66. The van der Waals surface area contributed by atoms with E-state index in [1.54, 1.807) is 0 Å². The Morgan fingerprint density at radius 1 is 1.39 bits per heavy atom. The molecule has 1 aromatic carbocycles. The molecule has 1 aliphatic rings. The molecule has 0 saturated carbocycles. The first-order chi connectivity index (χ1) is 11.1. The minimum Gasteiger partial charge on any atom is -0.307 e. The number of rotatable bonds is 4. The number of aryl methyl sites for hydroxylation is 1. The average molecular weight is 338 g/mol. The lowest BCUT2D eigenvalue weighted by Crippen LogP contribution is -2.41. The van der Waals surface area contributed by atoms with Crippen molar-refractivity contribution in [2.45, 2.75) is 38.3 Å². The van der Waals surface area contributed by atoms with Crippen molar-refractivity contribution in [3.05, 3.63) is 39.7 Å². The number of ketones is 1. The molecule has 0 bridgehead atoms. The van der Waals surface area contributed by atoms with Crippen molar-refractivity contribution in [2.75, 3.05) is 6.54 Å². The lowest BCUT2D eigenvalue weighted by Gasteiger charge is -2.22. The number of fused-ring (bicyclic) bond motifs is 1. The third-order valence-electron chi connectivity index (χ3n) is 4.14. The first-order valence-corrected chi connectivity index (χ1v) is 8.04. The Balaban J connectivity index is 1.73. The van der Waals surface area contributed by atoms with Gasteiger partial charge in [0.1, 0.15) is 11.6 Å². The highest BCUT2D eigenvalue weighted by Crippen LogP contribution is 2.19. The zero-order valence-electron chi connectivity index (χ0n) is 12.5. The Morgan fingerprint density at radius 3 is 3.00 bits per heavy atom. The van der Waals surface area contributed by atoms with Crippen molar-refractivity contribution in [1.82, 2.24) is 14.9 Å². The monoisotopic (exact) mass is 337 g/mol. The molecular weight excluding hydrogens is 321 g/mol. The molecular formula is C16H17ClFN3O2. The van der Waals surface area contributed by atoms with E-state index in [1.165, 1.54) is 17.0 Å². The van der Waals surface area contributed by atoms with Gasteiger partial charge in [-0.25, -0.2) is 9.37 Å². The minimum atomic E-state index is -0.592. The number of carbonyl (C=O) groups is 1. The Labute approximate surface area is 137 Å². The summed E-state index contributed by atoms with van der Waals surface area (Å²) in [4.78, 5) is 28.3. The van der Waals surface area contributed by atoms with E-state index < -0.39 is 5.82 Å². The van der Waals surface area contributed by atoms with Gasteiger partial charge in [0.05, 0.1) is 28.3 Å². The highest BCUT2D eigenvalue weighted by Gasteiger charge is 2.20. The van der Waals surface area contributed by atoms with E-state index in [1.807, 2.05) is 0 Å². The zero-order chi connectivity index (χ0) is 16.4. The molecule has 7 heteroatoms. The quantitative estimate of drug-likeness (QED) is 0.929. The van der Waals surface area contributed by atoms with Gasteiger partial charge in [-0.3, -0.25) is 14.2 Å². The molecule has 0 radical (unpaired) electrons. The first kappa shape index (κ1) is 16.1. The number of benzene rings is 1. The molecule has 23 heavy (non-hydrogen) atoms. The van der Waals surface area contributed by atoms with Crippen LogP contribution < -0.4 is 10.9 Å².